The largest absolute Gasteiger partial charge is 0.497 e. The van der Waals surface area contributed by atoms with Crippen LogP contribution in [0, 0.1) is 18.6 Å². The zero-order valence-corrected chi connectivity index (χ0v) is 23.4. The van der Waals surface area contributed by atoms with Crippen LogP contribution in [-0.4, -0.2) is 52.0 Å². The highest BCUT2D eigenvalue weighted by atomic mass is 19.1. The third-order valence-corrected chi connectivity index (χ3v) is 6.74. The number of carbonyl (C=O) groups excluding carboxylic acids is 1. The molecular weight excluding hydrogens is 574 g/mol. The summed E-state index contributed by atoms with van der Waals surface area (Å²) in [5.74, 6) is 0.388. The number of carbonyl (C=O) groups is 1. The Hall–Kier alpha value is -5.85. The van der Waals surface area contributed by atoms with Crippen LogP contribution in [0.3, 0.4) is 0 Å². The fraction of sp³-hybridized carbons (Fsp3) is 0.129. The highest BCUT2D eigenvalue weighted by Crippen LogP contribution is 2.44. The molecule has 13 heteroatoms. The summed E-state index contributed by atoms with van der Waals surface area (Å²) in [6.45, 7) is 1.94. The molecule has 222 valence electrons. The van der Waals surface area contributed by atoms with Crippen LogP contribution in [0.1, 0.15) is 21.6 Å². The molecule has 2 aromatic heterocycles. The standard InChI is InChI=1S/C31H24F2N6O5/c1-17-22(4-3-13-34-30(40)23-14-19(32)7-11-24(23)33)27(18-5-8-20(41-2)9-6-18)28(29-36-38-39-37-29)31(35-17)44-21-10-12-25-26(15-21)43-16-42-25/h3-12,14-15H,13,16H2,1-2H3,(H,34,40)(H,36,37,38,39). The van der Waals surface area contributed by atoms with Gasteiger partial charge in [-0.3, -0.25) is 4.79 Å². The van der Waals surface area contributed by atoms with E-state index in [1.807, 2.05) is 24.3 Å². The molecule has 0 spiro atoms. The van der Waals surface area contributed by atoms with E-state index in [-0.39, 0.29) is 30.6 Å². The summed E-state index contributed by atoms with van der Waals surface area (Å²) >= 11 is 0. The predicted molar refractivity (Wildman–Crippen MR) is 154 cm³/mol. The molecule has 0 saturated carbocycles. The van der Waals surface area contributed by atoms with E-state index < -0.39 is 17.5 Å². The molecular formula is C31H24F2N6O5. The Kier molecular flexibility index (Phi) is 7.82. The van der Waals surface area contributed by atoms with E-state index in [1.165, 1.54) is 0 Å². The highest BCUT2D eigenvalue weighted by molar-refractivity contribution is 5.95. The van der Waals surface area contributed by atoms with Gasteiger partial charge in [0, 0.05) is 29.4 Å². The number of rotatable bonds is 9. The first-order valence-electron chi connectivity index (χ1n) is 13.3. The molecule has 2 N–H and O–H groups in total. The third-order valence-electron chi connectivity index (χ3n) is 6.74. The molecule has 0 fully saturated rings. The molecule has 1 amide bonds. The average Bonchev–Trinajstić information content (AvgIpc) is 3.73. The van der Waals surface area contributed by atoms with Gasteiger partial charge < -0.3 is 24.3 Å². The molecule has 44 heavy (non-hydrogen) atoms. The number of pyridine rings is 1. The van der Waals surface area contributed by atoms with Gasteiger partial charge >= 0.3 is 0 Å². The molecule has 0 aliphatic carbocycles. The van der Waals surface area contributed by atoms with Gasteiger partial charge in [0.1, 0.15) is 23.1 Å². The summed E-state index contributed by atoms with van der Waals surface area (Å²) in [7, 11) is 1.58. The monoisotopic (exact) mass is 598 g/mol. The second kappa shape index (κ2) is 12.2. The average molecular weight is 599 g/mol. The minimum atomic E-state index is -0.822. The van der Waals surface area contributed by atoms with Gasteiger partial charge in [0.25, 0.3) is 5.91 Å². The maximum absolute atomic E-state index is 14.1. The molecule has 1 aliphatic rings. The number of ether oxygens (including phenoxy) is 4. The van der Waals surface area contributed by atoms with E-state index in [2.05, 4.69) is 25.9 Å². The first-order valence-corrected chi connectivity index (χ1v) is 13.3. The Morgan fingerprint density at radius 1 is 1.02 bits per heavy atom. The van der Waals surface area contributed by atoms with Crippen LogP contribution >= 0.6 is 0 Å². The van der Waals surface area contributed by atoms with Gasteiger partial charge in [0.05, 0.1) is 18.2 Å². The summed E-state index contributed by atoms with van der Waals surface area (Å²) in [5.41, 5.74) is 2.72. The zero-order valence-electron chi connectivity index (χ0n) is 23.4. The fourth-order valence-electron chi connectivity index (χ4n) is 4.65. The molecule has 0 bridgehead atoms. The second-order valence-corrected chi connectivity index (χ2v) is 9.48. The van der Waals surface area contributed by atoms with Crippen molar-refractivity contribution in [2.45, 2.75) is 6.92 Å². The Balaban J connectivity index is 1.41. The van der Waals surface area contributed by atoms with Crippen molar-refractivity contribution >= 4 is 12.0 Å². The minimum absolute atomic E-state index is 0.0171. The van der Waals surface area contributed by atoms with Crippen molar-refractivity contribution in [2.24, 2.45) is 0 Å². The van der Waals surface area contributed by atoms with E-state index in [0.717, 1.165) is 23.8 Å². The van der Waals surface area contributed by atoms with Crippen LogP contribution in [0.15, 0.2) is 66.7 Å². The topological polar surface area (TPSA) is 133 Å². The van der Waals surface area contributed by atoms with E-state index in [1.54, 1.807) is 44.4 Å². The van der Waals surface area contributed by atoms with E-state index in [9.17, 15) is 13.6 Å². The number of aryl methyl sites for hydroxylation is 1. The molecule has 0 unspecified atom stereocenters. The molecule has 0 radical (unpaired) electrons. The molecule has 3 aromatic carbocycles. The van der Waals surface area contributed by atoms with Crippen molar-refractivity contribution in [1.29, 1.82) is 0 Å². The highest BCUT2D eigenvalue weighted by Gasteiger charge is 2.25. The van der Waals surface area contributed by atoms with Crippen molar-refractivity contribution < 1.29 is 32.5 Å². The summed E-state index contributed by atoms with van der Waals surface area (Å²) < 4.78 is 50.2. The van der Waals surface area contributed by atoms with Gasteiger partial charge in [0.15, 0.2) is 11.5 Å². The number of amides is 1. The quantitative estimate of drug-likeness (QED) is 0.226. The first kappa shape index (κ1) is 28.3. The zero-order chi connectivity index (χ0) is 30.6. The maximum Gasteiger partial charge on any atom is 0.254 e. The SMILES string of the molecule is COc1ccc(-c2c(C=CCNC(=O)c3cc(F)ccc3F)c(C)nc(Oc3ccc4c(c3)OCO4)c2-c2nn[nH]n2)cc1. The number of aromatic nitrogens is 5. The lowest BCUT2D eigenvalue weighted by atomic mass is 9.93. The number of H-pyrrole nitrogens is 1. The first-order chi connectivity index (χ1) is 21.4. The molecule has 1 aliphatic heterocycles. The number of halogens is 2. The Bertz CT molecular complexity index is 1860. The number of aromatic amines is 1. The Labute approximate surface area is 249 Å². The van der Waals surface area contributed by atoms with E-state index >= 15 is 0 Å². The normalized spacial score (nSPS) is 12.0. The van der Waals surface area contributed by atoms with Gasteiger partial charge in [-0.2, -0.15) is 5.21 Å². The maximum atomic E-state index is 14.1. The second-order valence-electron chi connectivity index (χ2n) is 9.48. The van der Waals surface area contributed by atoms with E-state index in [0.29, 0.717) is 45.4 Å². The van der Waals surface area contributed by atoms with Crippen molar-refractivity contribution in [3.8, 4) is 51.4 Å². The van der Waals surface area contributed by atoms with Crippen LogP contribution in [-0.2, 0) is 0 Å². The number of nitrogens with one attached hydrogen (secondary N) is 2. The van der Waals surface area contributed by atoms with Crippen molar-refractivity contribution in [1.82, 2.24) is 30.9 Å². The predicted octanol–water partition coefficient (Wildman–Crippen LogP) is 5.49. The summed E-state index contributed by atoms with van der Waals surface area (Å²) in [6.07, 6.45) is 3.43. The Morgan fingerprint density at radius 3 is 2.59 bits per heavy atom. The summed E-state index contributed by atoms with van der Waals surface area (Å²) in [5, 5.41) is 17.3. The van der Waals surface area contributed by atoms with Crippen molar-refractivity contribution in [3.05, 3.63) is 95.2 Å². The third kappa shape index (κ3) is 5.75. The number of hydrogen-bond donors (Lipinski definition) is 2. The van der Waals surface area contributed by atoms with Crippen LogP contribution in [0.5, 0.6) is 28.9 Å². The Morgan fingerprint density at radius 2 is 1.82 bits per heavy atom. The molecule has 3 heterocycles. The lowest BCUT2D eigenvalue weighted by Crippen LogP contribution is -2.24. The van der Waals surface area contributed by atoms with Crippen molar-refractivity contribution in [2.75, 3.05) is 20.4 Å². The number of hydrogen-bond acceptors (Lipinski definition) is 9. The van der Waals surface area contributed by atoms with Crippen molar-refractivity contribution in [3.63, 3.8) is 0 Å². The lowest BCUT2D eigenvalue weighted by Gasteiger charge is -2.18. The number of tetrazole rings is 1. The summed E-state index contributed by atoms with van der Waals surface area (Å²) in [6, 6.07) is 15.2. The number of nitrogens with zero attached hydrogens (tertiary/aromatic N) is 4. The lowest BCUT2D eigenvalue weighted by molar-refractivity contribution is 0.0953. The number of fused-ring (bicyclic) bond motifs is 1. The van der Waals surface area contributed by atoms with Gasteiger partial charge in [-0.1, -0.05) is 24.3 Å². The van der Waals surface area contributed by atoms with Crippen LogP contribution in [0.2, 0.25) is 0 Å². The molecule has 5 aromatic rings. The number of methoxy groups -OCH3 is 1. The van der Waals surface area contributed by atoms with Crippen LogP contribution < -0.4 is 24.3 Å². The number of benzene rings is 3. The fourth-order valence-corrected chi connectivity index (χ4v) is 4.65. The van der Waals surface area contributed by atoms with E-state index in [4.69, 9.17) is 23.9 Å². The minimum Gasteiger partial charge on any atom is -0.497 e. The van der Waals surface area contributed by atoms with Gasteiger partial charge in [-0.15, -0.1) is 10.2 Å². The summed E-state index contributed by atoms with van der Waals surface area (Å²) in [4.78, 5) is 17.3. The van der Waals surface area contributed by atoms with Crippen LogP contribution in [0.25, 0.3) is 28.6 Å². The molecule has 6 rings (SSSR count). The molecule has 0 saturated heterocycles. The molecule has 0 atom stereocenters. The molecule has 11 nitrogen and oxygen atoms in total. The van der Waals surface area contributed by atoms with Gasteiger partial charge in [-0.05, 0) is 60.2 Å². The smallest absolute Gasteiger partial charge is 0.254 e. The van der Waals surface area contributed by atoms with Crippen LogP contribution in [0.4, 0.5) is 8.78 Å². The van der Waals surface area contributed by atoms with Gasteiger partial charge in [0.2, 0.25) is 18.5 Å². The van der Waals surface area contributed by atoms with Gasteiger partial charge in [-0.25, -0.2) is 13.8 Å².